The predicted octanol–water partition coefficient (Wildman–Crippen LogP) is 6.18. The zero-order chi connectivity index (χ0) is 17.8. The number of halogens is 2. The van der Waals surface area contributed by atoms with Crippen LogP contribution in [0.4, 0.5) is 14.9 Å². The third kappa shape index (κ3) is 5.54. The van der Waals surface area contributed by atoms with Crippen molar-refractivity contribution in [2.75, 3.05) is 5.32 Å². The molecule has 0 aliphatic carbocycles. The molecule has 0 radical (unpaired) electrons. The van der Waals surface area contributed by atoms with Crippen molar-refractivity contribution in [1.29, 1.82) is 0 Å². The highest BCUT2D eigenvalue weighted by atomic mass is 35.5. The number of nitrogens with one attached hydrogen (secondary N) is 1. The Morgan fingerprint density at radius 2 is 2.04 bits per heavy atom. The smallest absolute Gasteiger partial charge is 0.415 e. The number of hydrogen-bond donors (Lipinski definition) is 1. The summed E-state index contributed by atoms with van der Waals surface area (Å²) in [6.07, 6.45) is 0.707. The van der Waals surface area contributed by atoms with Crippen LogP contribution in [-0.2, 0) is 11.2 Å². The van der Waals surface area contributed by atoms with Gasteiger partial charge in [0.2, 0.25) is 0 Å². The Morgan fingerprint density at radius 1 is 1.43 bits per heavy atom. The molecule has 0 atom stereocenters. The average molecular weight is 342 g/mol. The van der Waals surface area contributed by atoms with Gasteiger partial charge in [0.1, 0.15) is 11.6 Å². The maximum Gasteiger partial charge on any atom is 0.416 e. The van der Waals surface area contributed by atoms with Gasteiger partial charge in [0.15, 0.2) is 0 Å². The Balaban J connectivity index is 2.88. The number of carbonyl (C=O) groups excluding carboxylic acids is 1. The van der Waals surface area contributed by atoms with Crippen molar-refractivity contribution in [3.8, 4) is 0 Å². The number of allylic oxidation sites excluding steroid dienone is 1. The van der Waals surface area contributed by atoms with Gasteiger partial charge in [0.25, 0.3) is 0 Å². The van der Waals surface area contributed by atoms with Crippen molar-refractivity contribution in [3.63, 3.8) is 0 Å². The molecule has 0 aliphatic heterocycles. The van der Waals surface area contributed by atoms with Gasteiger partial charge in [-0.25, -0.2) is 9.18 Å². The van der Waals surface area contributed by atoms with E-state index in [1.165, 1.54) is 6.07 Å². The lowest BCUT2D eigenvalue weighted by Gasteiger charge is -2.24. The summed E-state index contributed by atoms with van der Waals surface area (Å²) in [6.45, 7) is 13.7. The molecule has 0 spiro atoms. The van der Waals surface area contributed by atoms with E-state index in [4.69, 9.17) is 16.3 Å². The number of amides is 1. The lowest BCUT2D eigenvalue weighted by atomic mass is 9.88. The minimum atomic E-state index is -0.756. The molecule has 1 aromatic rings. The number of ether oxygens (including phenoxy) is 1. The molecule has 0 heterocycles. The summed E-state index contributed by atoms with van der Waals surface area (Å²) in [6, 6.07) is 2.76. The second kappa shape index (κ2) is 7.82. The average Bonchev–Trinajstić information content (AvgIpc) is 2.43. The first-order chi connectivity index (χ1) is 10.6. The van der Waals surface area contributed by atoms with E-state index in [-0.39, 0.29) is 11.1 Å². The number of rotatable bonds is 6. The van der Waals surface area contributed by atoms with Gasteiger partial charge < -0.3 is 4.74 Å². The molecule has 0 saturated heterocycles. The van der Waals surface area contributed by atoms with Gasteiger partial charge in [-0.1, -0.05) is 52.8 Å². The molecule has 3 nitrogen and oxygen atoms in total. The number of hydrogen-bond acceptors (Lipinski definition) is 2. The SMILES string of the molecule is C=C(OC(=O)Nc1cc(CC(C)C)c(Cl)cc1F)C(C)(C)CC. The lowest BCUT2D eigenvalue weighted by Crippen LogP contribution is -2.21. The molecule has 0 bridgehead atoms. The van der Waals surface area contributed by atoms with Crippen LogP contribution < -0.4 is 5.32 Å². The van der Waals surface area contributed by atoms with Crippen LogP contribution in [0.25, 0.3) is 0 Å². The number of carbonyl (C=O) groups is 1. The maximum atomic E-state index is 14.0. The molecule has 0 aromatic heterocycles. The third-order valence-corrected chi connectivity index (χ3v) is 4.21. The molecule has 0 fully saturated rings. The fourth-order valence-corrected chi connectivity index (χ4v) is 2.10. The maximum absolute atomic E-state index is 14.0. The van der Waals surface area contributed by atoms with Gasteiger partial charge in [-0.15, -0.1) is 0 Å². The van der Waals surface area contributed by atoms with Crippen LogP contribution in [0, 0.1) is 17.2 Å². The molecule has 1 N–H and O–H groups in total. The molecule has 1 amide bonds. The lowest BCUT2D eigenvalue weighted by molar-refractivity contribution is 0.162. The van der Waals surface area contributed by atoms with Crippen LogP contribution in [0.3, 0.4) is 0 Å². The minimum absolute atomic E-state index is 0.0529. The fraction of sp³-hybridized carbons (Fsp3) is 0.500. The van der Waals surface area contributed by atoms with Crippen LogP contribution >= 0.6 is 11.6 Å². The minimum Gasteiger partial charge on any atom is -0.415 e. The van der Waals surface area contributed by atoms with Crippen molar-refractivity contribution in [2.24, 2.45) is 11.3 Å². The third-order valence-electron chi connectivity index (χ3n) is 3.86. The molecule has 0 aliphatic rings. The second-order valence-electron chi connectivity index (χ2n) is 6.70. The van der Waals surface area contributed by atoms with Gasteiger partial charge in [-0.2, -0.15) is 0 Å². The van der Waals surface area contributed by atoms with Crippen LogP contribution in [0.2, 0.25) is 5.02 Å². The Bertz CT molecular complexity index is 597. The van der Waals surface area contributed by atoms with Gasteiger partial charge in [0.05, 0.1) is 5.69 Å². The Morgan fingerprint density at radius 3 is 2.57 bits per heavy atom. The Labute approximate surface area is 142 Å². The van der Waals surface area contributed by atoms with Gasteiger partial charge in [0, 0.05) is 10.4 Å². The first kappa shape index (κ1) is 19.5. The summed E-state index contributed by atoms with van der Waals surface area (Å²) in [5.74, 6) is 0.108. The van der Waals surface area contributed by atoms with Crippen LogP contribution in [-0.4, -0.2) is 6.09 Å². The van der Waals surface area contributed by atoms with E-state index in [0.717, 1.165) is 12.0 Å². The topological polar surface area (TPSA) is 38.3 Å². The van der Waals surface area contributed by atoms with Gasteiger partial charge >= 0.3 is 6.09 Å². The van der Waals surface area contributed by atoms with Crippen LogP contribution in [0.15, 0.2) is 24.5 Å². The van der Waals surface area contributed by atoms with Crippen LogP contribution in [0.5, 0.6) is 0 Å². The summed E-state index contributed by atoms with van der Waals surface area (Å²) in [5.41, 5.74) is 0.502. The van der Waals surface area contributed by atoms with E-state index in [1.54, 1.807) is 6.07 Å². The summed E-state index contributed by atoms with van der Waals surface area (Å²) in [4.78, 5) is 12.0. The van der Waals surface area contributed by atoms with E-state index in [1.807, 2.05) is 34.6 Å². The largest absolute Gasteiger partial charge is 0.416 e. The number of anilines is 1. The van der Waals surface area contributed by atoms with Crippen molar-refractivity contribution in [1.82, 2.24) is 0 Å². The van der Waals surface area contributed by atoms with Crippen molar-refractivity contribution in [2.45, 2.75) is 47.5 Å². The predicted molar refractivity (Wildman–Crippen MR) is 93.3 cm³/mol. The van der Waals surface area contributed by atoms with Crippen molar-refractivity contribution in [3.05, 3.63) is 40.9 Å². The van der Waals surface area contributed by atoms with Crippen LogP contribution in [0.1, 0.15) is 46.6 Å². The fourth-order valence-electron chi connectivity index (χ4n) is 1.87. The molecule has 0 unspecified atom stereocenters. The first-order valence-electron chi connectivity index (χ1n) is 7.73. The van der Waals surface area contributed by atoms with E-state index >= 15 is 0 Å². The van der Waals surface area contributed by atoms with Crippen molar-refractivity contribution >= 4 is 23.4 Å². The zero-order valence-corrected chi connectivity index (χ0v) is 15.2. The van der Waals surface area contributed by atoms with E-state index < -0.39 is 11.9 Å². The highest BCUT2D eigenvalue weighted by Gasteiger charge is 2.23. The highest BCUT2D eigenvalue weighted by molar-refractivity contribution is 6.31. The molecule has 0 saturated carbocycles. The standard InChI is InChI=1S/C18H25ClFNO2/c1-7-18(5,6)12(4)23-17(22)21-16-9-13(8-11(2)3)14(19)10-15(16)20/h9-11H,4,7-8H2,1-3,5-6H3,(H,21,22). The molecular formula is C18H25ClFNO2. The molecule has 128 valence electrons. The van der Waals surface area contributed by atoms with Gasteiger partial charge in [-0.05, 0) is 36.5 Å². The van der Waals surface area contributed by atoms with E-state index in [2.05, 4.69) is 11.9 Å². The number of benzene rings is 1. The Hall–Kier alpha value is -1.55. The second-order valence-corrected chi connectivity index (χ2v) is 7.10. The summed E-state index contributed by atoms with van der Waals surface area (Å²) in [7, 11) is 0. The quantitative estimate of drug-likeness (QED) is 0.628. The summed E-state index contributed by atoms with van der Waals surface area (Å²) in [5, 5.41) is 2.78. The molecular weight excluding hydrogens is 317 g/mol. The monoisotopic (exact) mass is 341 g/mol. The summed E-state index contributed by atoms with van der Waals surface area (Å²) < 4.78 is 19.2. The van der Waals surface area contributed by atoms with E-state index in [0.29, 0.717) is 23.1 Å². The van der Waals surface area contributed by atoms with E-state index in [9.17, 15) is 9.18 Å². The van der Waals surface area contributed by atoms with Gasteiger partial charge in [-0.3, -0.25) is 5.32 Å². The Kier molecular flexibility index (Phi) is 6.63. The molecule has 1 aromatic carbocycles. The summed E-state index contributed by atoms with van der Waals surface area (Å²) >= 11 is 6.05. The van der Waals surface area contributed by atoms with Crippen molar-refractivity contribution < 1.29 is 13.9 Å². The first-order valence-corrected chi connectivity index (χ1v) is 8.10. The molecule has 5 heteroatoms. The molecule has 23 heavy (non-hydrogen) atoms. The normalized spacial score (nSPS) is 11.5. The molecule has 1 rings (SSSR count). The highest BCUT2D eigenvalue weighted by Crippen LogP contribution is 2.30. The zero-order valence-electron chi connectivity index (χ0n) is 14.4.